The Labute approximate surface area is 112 Å². The molecule has 1 heterocycles. The monoisotopic (exact) mass is 258 g/mol. The summed E-state index contributed by atoms with van der Waals surface area (Å²) in [6.07, 6.45) is 2.52. The number of aromatic nitrogens is 1. The summed E-state index contributed by atoms with van der Waals surface area (Å²) in [6.45, 7) is 1.05. The Morgan fingerprint density at radius 3 is 2.95 bits per heavy atom. The van der Waals surface area contributed by atoms with Crippen LogP contribution in [-0.4, -0.2) is 29.3 Å². The number of aliphatic hydroxyl groups excluding tert-OH is 1. The molecule has 1 aromatic carbocycles. The lowest BCUT2D eigenvalue weighted by atomic mass is 10.1. The maximum atomic E-state index is 8.89. The lowest BCUT2D eigenvalue weighted by Gasteiger charge is -2.12. The van der Waals surface area contributed by atoms with E-state index in [1.165, 1.54) is 12.8 Å². The van der Waals surface area contributed by atoms with Crippen LogP contribution in [0.25, 0.3) is 10.9 Å². The summed E-state index contributed by atoms with van der Waals surface area (Å²) in [6, 6.07) is 10.8. The van der Waals surface area contributed by atoms with Gasteiger partial charge in [0, 0.05) is 23.5 Å². The molecule has 0 aliphatic heterocycles. The predicted octanol–water partition coefficient (Wildman–Crippen LogP) is 1.86. The van der Waals surface area contributed by atoms with Gasteiger partial charge in [-0.15, -0.1) is 0 Å². The SMILES string of the molecule is OCCOc1nc2ccccc2cc1CNC1CC1. The summed E-state index contributed by atoms with van der Waals surface area (Å²) in [4.78, 5) is 4.54. The minimum absolute atomic E-state index is 0.00397. The van der Waals surface area contributed by atoms with Gasteiger partial charge in [-0.25, -0.2) is 4.98 Å². The molecular weight excluding hydrogens is 240 g/mol. The van der Waals surface area contributed by atoms with Crippen molar-refractivity contribution in [3.05, 3.63) is 35.9 Å². The van der Waals surface area contributed by atoms with Crippen LogP contribution in [0.1, 0.15) is 18.4 Å². The second-order valence-corrected chi connectivity index (χ2v) is 4.87. The maximum absolute atomic E-state index is 8.89. The number of nitrogens with one attached hydrogen (secondary N) is 1. The molecule has 0 amide bonds. The number of fused-ring (bicyclic) bond motifs is 1. The molecule has 1 aliphatic carbocycles. The van der Waals surface area contributed by atoms with Gasteiger partial charge in [-0.2, -0.15) is 0 Å². The van der Waals surface area contributed by atoms with Crippen molar-refractivity contribution < 1.29 is 9.84 Å². The number of hydrogen-bond acceptors (Lipinski definition) is 4. The third kappa shape index (κ3) is 3.03. The van der Waals surface area contributed by atoms with Crippen LogP contribution < -0.4 is 10.1 Å². The van der Waals surface area contributed by atoms with E-state index in [1.54, 1.807) is 0 Å². The Morgan fingerprint density at radius 2 is 2.16 bits per heavy atom. The zero-order valence-electron chi connectivity index (χ0n) is 10.8. The highest BCUT2D eigenvalue weighted by Gasteiger charge is 2.21. The lowest BCUT2D eigenvalue weighted by Crippen LogP contribution is -2.17. The number of rotatable bonds is 6. The van der Waals surface area contributed by atoms with Gasteiger partial charge in [-0.1, -0.05) is 18.2 Å². The van der Waals surface area contributed by atoms with Crippen molar-refractivity contribution in [2.75, 3.05) is 13.2 Å². The minimum Gasteiger partial charge on any atom is -0.475 e. The van der Waals surface area contributed by atoms with Crippen LogP contribution in [0.2, 0.25) is 0 Å². The standard InChI is InChI=1S/C15H18N2O2/c18-7-8-19-15-12(10-16-13-5-6-13)9-11-3-1-2-4-14(11)17-15/h1-4,9,13,16,18H,5-8,10H2. The third-order valence-corrected chi connectivity index (χ3v) is 3.25. The minimum atomic E-state index is 0.00397. The van der Waals surface area contributed by atoms with E-state index < -0.39 is 0 Å². The van der Waals surface area contributed by atoms with Crippen LogP contribution in [0.15, 0.2) is 30.3 Å². The number of hydrogen-bond donors (Lipinski definition) is 2. The van der Waals surface area contributed by atoms with Crippen LogP contribution >= 0.6 is 0 Å². The summed E-state index contributed by atoms with van der Waals surface area (Å²) in [5.41, 5.74) is 1.98. The van der Waals surface area contributed by atoms with Gasteiger partial charge < -0.3 is 15.2 Å². The van der Waals surface area contributed by atoms with Crippen molar-refractivity contribution in [1.29, 1.82) is 0 Å². The van der Waals surface area contributed by atoms with Gasteiger partial charge in [0.05, 0.1) is 12.1 Å². The molecule has 1 aliphatic rings. The summed E-state index contributed by atoms with van der Waals surface area (Å²) in [7, 11) is 0. The largest absolute Gasteiger partial charge is 0.475 e. The molecule has 4 heteroatoms. The molecule has 4 nitrogen and oxygen atoms in total. The van der Waals surface area contributed by atoms with Crippen molar-refractivity contribution in [2.24, 2.45) is 0 Å². The Hall–Kier alpha value is -1.65. The molecule has 100 valence electrons. The molecule has 0 spiro atoms. The highest BCUT2D eigenvalue weighted by molar-refractivity contribution is 5.80. The first-order valence-electron chi connectivity index (χ1n) is 6.72. The lowest BCUT2D eigenvalue weighted by molar-refractivity contribution is 0.195. The third-order valence-electron chi connectivity index (χ3n) is 3.25. The van der Waals surface area contributed by atoms with Crippen LogP contribution in [0.4, 0.5) is 0 Å². The van der Waals surface area contributed by atoms with Crippen molar-refractivity contribution in [2.45, 2.75) is 25.4 Å². The Kier molecular flexibility index (Phi) is 3.62. The first kappa shape index (κ1) is 12.4. The molecule has 1 saturated carbocycles. The molecule has 0 unspecified atom stereocenters. The second kappa shape index (κ2) is 5.55. The molecular formula is C15H18N2O2. The van der Waals surface area contributed by atoms with Crippen LogP contribution in [0, 0.1) is 0 Å². The van der Waals surface area contributed by atoms with E-state index in [4.69, 9.17) is 9.84 Å². The van der Waals surface area contributed by atoms with Crippen LogP contribution in [0.3, 0.4) is 0 Å². The number of nitrogens with zero attached hydrogens (tertiary/aromatic N) is 1. The Bertz CT molecular complexity index is 567. The zero-order valence-corrected chi connectivity index (χ0v) is 10.8. The van der Waals surface area contributed by atoms with Gasteiger partial charge in [-0.05, 0) is 25.0 Å². The van der Waals surface area contributed by atoms with Crippen molar-refractivity contribution >= 4 is 10.9 Å². The molecule has 19 heavy (non-hydrogen) atoms. The molecule has 0 radical (unpaired) electrons. The number of pyridine rings is 1. The molecule has 0 saturated heterocycles. The quantitative estimate of drug-likeness (QED) is 0.830. The van der Waals surface area contributed by atoms with Gasteiger partial charge in [0.25, 0.3) is 0 Å². The molecule has 3 rings (SSSR count). The highest BCUT2D eigenvalue weighted by Crippen LogP contribution is 2.24. The van der Waals surface area contributed by atoms with Gasteiger partial charge in [0.15, 0.2) is 0 Å². The van der Waals surface area contributed by atoms with Crippen molar-refractivity contribution in [3.63, 3.8) is 0 Å². The molecule has 2 aromatic rings. The predicted molar refractivity (Wildman–Crippen MR) is 74.2 cm³/mol. The molecule has 1 aromatic heterocycles. The van der Waals surface area contributed by atoms with Gasteiger partial charge in [-0.3, -0.25) is 0 Å². The smallest absolute Gasteiger partial charge is 0.218 e. The van der Waals surface area contributed by atoms with Crippen molar-refractivity contribution in [1.82, 2.24) is 10.3 Å². The fourth-order valence-corrected chi connectivity index (χ4v) is 2.08. The second-order valence-electron chi connectivity index (χ2n) is 4.87. The summed E-state index contributed by atoms with van der Waals surface area (Å²) >= 11 is 0. The van der Waals surface area contributed by atoms with Gasteiger partial charge in [0.2, 0.25) is 5.88 Å². The van der Waals surface area contributed by atoms with Gasteiger partial charge in [0.1, 0.15) is 6.61 Å². The Balaban J connectivity index is 1.89. The normalized spacial score (nSPS) is 14.8. The highest BCUT2D eigenvalue weighted by atomic mass is 16.5. The number of aliphatic hydroxyl groups is 1. The summed E-state index contributed by atoms with van der Waals surface area (Å²) < 4.78 is 5.55. The van der Waals surface area contributed by atoms with E-state index in [9.17, 15) is 0 Å². The topological polar surface area (TPSA) is 54.4 Å². The molecule has 2 N–H and O–H groups in total. The average molecular weight is 258 g/mol. The fraction of sp³-hybridized carbons (Fsp3) is 0.400. The summed E-state index contributed by atoms with van der Waals surface area (Å²) in [5.74, 6) is 0.626. The zero-order chi connectivity index (χ0) is 13.1. The Morgan fingerprint density at radius 1 is 1.32 bits per heavy atom. The first-order chi connectivity index (χ1) is 9.36. The van der Waals surface area contributed by atoms with E-state index in [1.807, 2.05) is 18.2 Å². The number of benzene rings is 1. The van der Waals surface area contributed by atoms with E-state index in [2.05, 4.69) is 22.4 Å². The van der Waals surface area contributed by atoms with Crippen molar-refractivity contribution in [3.8, 4) is 5.88 Å². The van der Waals surface area contributed by atoms with E-state index in [0.717, 1.165) is 23.0 Å². The number of para-hydroxylation sites is 1. The van der Waals surface area contributed by atoms with E-state index >= 15 is 0 Å². The van der Waals surface area contributed by atoms with E-state index in [-0.39, 0.29) is 13.2 Å². The average Bonchev–Trinajstić information content (AvgIpc) is 3.26. The maximum Gasteiger partial charge on any atom is 0.218 e. The summed E-state index contributed by atoms with van der Waals surface area (Å²) in [5, 5.41) is 13.5. The number of ether oxygens (including phenoxy) is 1. The molecule has 0 atom stereocenters. The van der Waals surface area contributed by atoms with Crippen LogP contribution in [0.5, 0.6) is 5.88 Å². The first-order valence-corrected chi connectivity index (χ1v) is 6.72. The van der Waals surface area contributed by atoms with Gasteiger partial charge >= 0.3 is 0 Å². The fourth-order valence-electron chi connectivity index (χ4n) is 2.08. The molecule has 0 bridgehead atoms. The van der Waals surface area contributed by atoms with E-state index in [0.29, 0.717) is 11.9 Å². The van der Waals surface area contributed by atoms with Crippen LogP contribution in [-0.2, 0) is 6.54 Å². The molecule has 1 fully saturated rings.